The maximum Gasteiger partial charge on any atom is 0.242 e. The number of benzene rings is 2. The Kier molecular flexibility index (Phi) is 10.6. The Balaban J connectivity index is 2.17. The predicted octanol–water partition coefficient (Wildman–Crippen LogP) is 5.81. The zero-order chi connectivity index (χ0) is 21.9. The molecule has 0 aromatic heterocycles. The van der Waals surface area contributed by atoms with Gasteiger partial charge in [-0.3, -0.25) is 9.59 Å². The Morgan fingerprint density at radius 2 is 1.77 bits per heavy atom. The van der Waals surface area contributed by atoms with E-state index in [0.717, 1.165) is 23.3 Å². The minimum Gasteiger partial charge on any atom is -0.354 e. The second-order valence-electron chi connectivity index (χ2n) is 6.92. The molecule has 2 aromatic rings. The first kappa shape index (κ1) is 24.6. The summed E-state index contributed by atoms with van der Waals surface area (Å²) < 4.78 is 0. The van der Waals surface area contributed by atoms with Crippen LogP contribution in [0, 0.1) is 0 Å². The maximum absolute atomic E-state index is 13.2. The SMILES string of the molecule is CCCCNC(=O)[C@@H](CC)N(Cc1ccccc1Cl)C(=O)CSc1ccc(Cl)cc1. The van der Waals surface area contributed by atoms with Gasteiger partial charge in [0, 0.05) is 28.0 Å². The Bertz CT molecular complexity index is 830. The van der Waals surface area contributed by atoms with E-state index < -0.39 is 6.04 Å². The fourth-order valence-electron chi connectivity index (χ4n) is 2.99. The molecule has 4 nitrogen and oxygen atoms in total. The van der Waals surface area contributed by atoms with E-state index in [1.165, 1.54) is 11.8 Å². The largest absolute Gasteiger partial charge is 0.354 e. The Morgan fingerprint density at radius 1 is 1.07 bits per heavy atom. The van der Waals surface area contributed by atoms with Crippen molar-refractivity contribution >= 4 is 46.8 Å². The van der Waals surface area contributed by atoms with E-state index in [-0.39, 0.29) is 17.6 Å². The number of carbonyl (C=O) groups is 2. The average Bonchev–Trinajstić information content (AvgIpc) is 2.74. The molecule has 0 heterocycles. The summed E-state index contributed by atoms with van der Waals surface area (Å²) in [5.41, 5.74) is 0.823. The highest BCUT2D eigenvalue weighted by Crippen LogP contribution is 2.24. The molecule has 30 heavy (non-hydrogen) atoms. The van der Waals surface area contributed by atoms with Crippen LogP contribution in [-0.4, -0.2) is 35.1 Å². The summed E-state index contributed by atoms with van der Waals surface area (Å²) in [6, 6.07) is 14.2. The first-order valence-electron chi connectivity index (χ1n) is 10.1. The molecule has 2 amide bonds. The second kappa shape index (κ2) is 12.9. The maximum atomic E-state index is 13.2. The van der Waals surface area contributed by atoms with Crippen LogP contribution in [0.5, 0.6) is 0 Å². The Morgan fingerprint density at radius 3 is 2.40 bits per heavy atom. The first-order chi connectivity index (χ1) is 14.5. The van der Waals surface area contributed by atoms with Crippen LogP contribution in [0.3, 0.4) is 0 Å². The zero-order valence-corrected chi connectivity index (χ0v) is 19.7. The normalized spacial score (nSPS) is 11.7. The summed E-state index contributed by atoms with van der Waals surface area (Å²) >= 11 is 13.7. The number of nitrogens with zero attached hydrogens (tertiary/aromatic N) is 1. The van der Waals surface area contributed by atoms with Crippen molar-refractivity contribution in [3.63, 3.8) is 0 Å². The summed E-state index contributed by atoms with van der Waals surface area (Å²) in [4.78, 5) is 28.6. The third-order valence-electron chi connectivity index (χ3n) is 4.69. The van der Waals surface area contributed by atoms with Crippen LogP contribution < -0.4 is 5.32 Å². The zero-order valence-electron chi connectivity index (χ0n) is 17.4. The van der Waals surface area contributed by atoms with Gasteiger partial charge in [0.25, 0.3) is 0 Å². The van der Waals surface area contributed by atoms with Gasteiger partial charge in [-0.05, 0) is 48.7 Å². The lowest BCUT2D eigenvalue weighted by Crippen LogP contribution is -2.49. The number of amides is 2. The highest BCUT2D eigenvalue weighted by molar-refractivity contribution is 8.00. The van der Waals surface area contributed by atoms with E-state index in [1.54, 1.807) is 23.1 Å². The molecule has 0 spiro atoms. The number of nitrogens with one attached hydrogen (secondary N) is 1. The molecule has 2 aromatic carbocycles. The smallest absolute Gasteiger partial charge is 0.242 e. The molecule has 1 N–H and O–H groups in total. The van der Waals surface area contributed by atoms with Crippen molar-refractivity contribution < 1.29 is 9.59 Å². The van der Waals surface area contributed by atoms with Gasteiger partial charge in [0.15, 0.2) is 0 Å². The van der Waals surface area contributed by atoms with Gasteiger partial charge in [0.2, 0.25) is 11.8 Å². The van der Waals surface area contributed by atoms with Crippen molar-refractivity contribution in [2.75, 3.05) is 12.3 Å². The fraction of sp³-hybridized carbons (Fsp3) is 0.391. The molecule has 0 saturated heterocycles. The monoisotopic (exact) mass is 466 g/mol. The highest BCUT2D eigenvalue weighted by Gasteiger charge is 2.28. The summed E-state index contributed by atoms with van der Waals surface area (Å²) in [6.45, 7) is 4.90. The lowest BCUT2D eigenvalue weighted by atomic mass is 10.1. The van der Waals surface area contributed by atoms with Crippen LogP contribution in [-0.2, 0) is 16.1 Å². The number of halogens is 2. The molecule has 1 atom stereocenters. The summed E-state index contributed by atoms with van der Waals surface area (Å²) in [6.07, 6.45) is 2.43. The number of carbonyl (C=O) groups excluding carboxylic acids is 2. The van der Waals surface area contributed by atoms with Gasteiger partial charge in [0.05, 0.1) is 5.75 Å². The third kappa shape index (κ3) is 7.53. The number of hydrogen-bond donors (Lipinski definition) is 1. The molecule has 162 valence electrons. The van der Waals surface area contributed by atoms with Crippen molar-refractivity contribution in [2.45, 2.75) is 50.6 Å². The van der Waals surface area contributed by atoms with Crippen molar-refractivity contribution in [2.24, 2.45) is 0 Å². The van der Waals surface area contributed by atoms with Crippen molar-refractivity contribution in [1.82, 2.24) is 10.2 Å². The lowest BCUT2D eigenvalue weighted by molar-refractivity contribution is -0.139. The lowest BCUT2D eigenvalue weighted by Gasteiger charge is -2.31. The van der Waals surface area contributed by atoms with Gasteiger partial charge in [0.1, 0.15) is 6.04 Å². The molecule has 0 saturated carbocycles. The van der Waals surface area contributed by atoms with Crippen LogP contribution in [0.25, 0.3) is 0 Å². The van der Waals surface area contributed by atoms with E-state index in [4.69, 9.17) is 23.2 Å². The summed E-state index contributed by atoms with van der Waals surface area (Å²) in [7, 11) is 0. The van der Waals surface area contributed by atoms with Gasteiger partial charge < -0.3 is 10.2 Å². The summed E-state index contributed by atoms with van der Waals surface area (Å²) in [5.74, 6) is 0.000349. The molecule has 0 bridgehead atoms. The van der Waals surface area contributed by atoms with Gasteiger partial charge in [-0.2, -0.15) is 0 Å². The van der Waals surface area contributed by atoms with E-state index in [9.17, 15) is 9.59 Å². The Hall–Kier alpha value is -1.69. The average molecular weight is 467 g/mol. The van der Waals surface area contributed by atoms with Crippen LogP contribution in [0.4, 0.5) is 0 Å². The molecule has 0 radical (unpaired) electrons. The molecule has 2 rings (SSSR count). The van der Waals surface area contributed by atoms with Crippen LogP contribution in [0.2, 0.25) is 10.0 Å². The second-order valence-corrected chi connectivity index (χ2v) is 8.82. The molecule has 0 unspecified atom stereocenters. The van der Waals surface area contributed by atoms with E-state index in [0.29, 0.717) is 29.6 Å². The first-order valence-corrected chi connectivity index (χ1v) is 11.9. The summed E-state index contributed by atoms with van der Waals surface area (Å²) in [5, 5.41) is 4.20. The topological polar surface area (TPSA) is 49.4 Å². The molecule has 7 heteroatoms. The number of rotatable bonds is 11. The van der Waals surface area contributed by atoms with E-state index in [1.807, 2.05) is 37.3 Å². The Labute approximate surface area is 193 Å². The molecular weight excluding hydrogens is 439 g/mol. The van der Waals surface area contributed by atoms with Gasteiger partial charge in [-0.25, -0.2) is 0 Å². The van der Waals surface area contributed by atoms with Crippen LogP contribution in [0.15, 0.2) is 53.4 Å². The van der Waals surface area contributed by atoms with Crippen molar-refractivity contribution in [1.29, 1.82) is 0 Å². The number of unbranched alkanes of at least 4 members (excludes halogenated alkanes) is 1. The number of thioether (sulfide) groups is 1. The van der Waals surface area contributed by atoms with E-state index in [2.05, 4.69) is 12.2 Å². The quantitative estimate of drug-likeness (QED) is 0.335. The fourth-order valence-corrected chi connectivity index (χ4v) is 4.10. The van der Waals surface area contributed by atoms with Gasteiger partial charge in [-0.1, -0.05) is 61.7 Å². The molecule has 0 aliphatic heterocycles. The van der Waals surface area contributed by atoms with Crippen molar-refractivity contribution in [3.05, 3.63) is 64.1 Å². The molecule has 0 aliphatic carbocycles. The van der Waals surface area contributed by atoms with E-state index >= 15 is 0 Å². The molecule has 0 fully saturated rings. The van der Waals surface area contributed by atoms with Crippen molar-refractivity contribution in [3.8, 4) is 0 Å². The predicted molar refractivity (Wildman–Crippen MR) is 126 cm³/mol. The standard InChI is InChI=1S/C23H28Cl2N2O2S/c1-3-5-14-26-23(29)21(4-2)27(15-17-8-6-7-9-20(17)25)22(28)16-30-19-12-10-18(24)11-13-19/h6-13,21H,3-5,14-16H2,1-2H3,(H,26,29)/t21-/m1/s1. The molecular formula is C23H28Cl2N2O2S. The highest BCUT2D eigenvalue weighted by atomic mass is 35.5. The van der Waals surface area contributed by atoms with Crippen LogP contribution in [0.1, 0.15) is 38.7 Å². The third-order valence-corrected chi connectivity index (χ3v) is 6.31. The van der Waals surface area contributed by atoms with Gasteiger partial charge in [-0.15, -0.1) is 11.8 Å². The number of hydrogen-bond acceptors (Lipinski definition) is 3. The molecule has 0 aliphatic rings. The minimum absolute atomic E-state index is 0.104. The van der Waals surface area contributed by atoms with Gasteiger partial charge >= 0.3 is 0 Å². The van der Waals surface area contributed by atoms with Crippen LogP contribution >= 0.6 is 35.0 Å². The minimum atomic E-state index is -0.545.